The molecule has 264 valence electrons. The molecule has 1 aliphatic heterocycles. The number of pyridine rings is 1. The number of carbonyl (C=O) groups excluding carboxylic acids is 2. The number of fused-ring (bicyclic) bond motifs is 1. The fourth-order valence-corrected chi connectivity index (χ4v) is 7.16. The van der Waals surface area contributed by atoms with Gasteiger partial charge in [-0.15, -0.1) is 0 Å². The quantitative estimate of drug-likeness (QED) is 0.176. The molecule has 0 unspecified atom stereocenters. The lowest BCUT2D eigenvalue weighted by Gasteiger charge is -2.42. The first kappa shape index (κ1) is 35.5. The SMILES string of the molecule is CC(C)(C)NC(=O)[C@@H]1CN(Cc2ccc(-c3cccnc3)o2)CCN1C[C@@H](O)C[C@@H](Cc1ccccc1)C(=O)N[C@H]1c2ccccc2C[C@H]1O. The molecule has 4 aromatic rings. The number of carbonyl (C=O) groups is 2. The van der Waals surface area contributed by atoms with Crippen LogP contribution in [0.2, 0.25) is 0 Å². The fourth-order valence-electron chi connectivity index (χ4n) is 7.16. The minimum atomic E-state index is -0.862. The predicted molar refractivity (Wildman–Crippen MR) is 192 cm³/mol. The lowest BCUT2D eigenvalue weighted by atomic mass is 9.91. The fraction of sp³-hybridized carbons (Fsp3) is 0.425. The Bertz CT molecular complexity index is 1720. The number of amides is 2. The number of aliphatic hydroxyl groups excluding tert-OH is 2. The van der Waals surface area contributed by atoms with Crippen LogP contribution in [-0.4, -0.2) is 86.8 Å². The normalized spacial score (nSPS) is 20.9. The summed E-state index contributed by atoms with van der Waals surface area (Å²) in [6.07, 6.45) is 3.07. The van der Waals surface area contributed by atoms with Crippen molar-refractivity contribution < 1.29 is 24.2 Å². The summed E-state index contributed by atoms with van der Waals surface area (Å²) in [4.78, 5) is 36.0. The van der Waals surface area contributed by atoms with Crippen LogP contribution in [0.3, 0.4) is 0 Å². The monoisotopic (exact) mass is 679 g/mol. The Morgan fingerprint density at radius 1 is 1.00 bits per heavy atom. The average Bonchev–Trinajstić information content (AvgIpc) is 3.69. The molecular formula is C40H49N5O5. The van der Waals surface area contributed by atoms with Crippen LogP contribution < -0.4 is 10.6 Å². The molecule has 1 fully saturated rings. The molecule has 1 aliphatic carbocycles. The van der Waals surface area contributed by atoms with Crippen LogP contribution in [0.4, 0.5) is 0 Å². The minimum absolute atomic E-state index is 0.0997. The van der Waals surface area contributed by atoms with Gasteiger partial charge in [-0.05, 0) is 74.6 Å². The number of β-amino-alcohol motifs (C(OH)–C–C–N with tert-alkyl or cyclic N) is 1. The zero-order chi connectivity index (χ0) is 35.3. The lowest BCUT2D eigenvalue weighted by Crippen LogP contribution is -2.61. The summed E-state index contributed by atoms with van der Waals surface area (Å²) < 4.78 is 6.14. The van der Waals surface area contributed by atoms with E-state index in [1.165, 1.54) is 0 Å². The molecule has 0 spiro atoms. The Morgan fingerprint density at radius 3 is 2.54 bits per heavy atom. The first-order valence-electron chi connectivity index (χ1n) is 17.6. The van der Waals surface area contributed by atoms with E-state index >= 15 is 0 Å². The van der Waals surface area contributed by atoms with E-state index in [0.29, 0.717) is 39.0 Å². The summed E-state index contributed by atoms with van der Waals surface area (Å²) >= 11 is 0. The minimum Gasteiger partial charge on any atom is -0.460 e. The van der Waals surface area contributed by atoms with Crippen molar-refractivity contribution in [2.75, 3.05) is 26.2 Å². The second kappa shape index (κ2) is 15.7. The number of piperazine rings is 1. The predicted octanol–water partition coefficient (Wildman–Crippen LogP) is 4.13. The molecule has 1 saturated heterocycles. The van der Waals surface area contributed by atoms with Gasteiger partial charge in [0.1, 0.15) is 17.6 Å². The van der Waals surface area contributed by atoms with Crippen molar-refractivity contribution in [1.82, 2.24) is 25.4 Å². The third-order valence-electron chi connectivity index (χ3n) is 9.56. The van der Waals surface area contributed by atoms with Gasteiger partial charge in [0.25, 0.3) is 0 Å². The van der Waals surface area contributed by atoms with E-state index in [2.05, 4.69) is 20.5 Å². The number of aliphatic hydroxyl groups is 2. The van der Waals surface area contributed by atoms with Crippen LogP contribution in [0.1, 0.15) is 55.7 Å². The van der Waals surface area contributed by atoms with Crippen LogP contribution in [0.5, 0.6) is 0 Å². The number of furan rings is 1. The van der Waals surface area contributed by atoms with Crippen molar-refractivity contribution in [3.05, 3.63) is 114 Å². The zero-order valence-electron chi connectivity index (χ0n) is 29.2. The van der Waals surface area contributed by atoms with Gasteiger partial charge >= 0.3 is 0 Å². The summed E-state index contributed by atoms with van der Waals surface area (Å²) in [5.74, 6) is 0.708. The van der Waals surface area contributed by atoms with Gasteiger partial charge in [-0.25, -0.2) is 0 Å². The summed E-state index contributed by atoms with van der Waals surface area (Å²) in [6, 6.07) is 24.3. The van der Waals surface area contributed by atoms with Gasteiger partial charge in [0, 0.05) is 62.0 Å². The molecule has 2 aromatic heterocycles. The van der Waals surface area contributed by atoms with E-state index in [0.717, 1.165) is 33.8 Å². The third-order valence-corrected chi connectivity index (χ3v) is 9.56. The smallest absolute Gasteiger partial charge is 0.239 e. The van der Waals surface area contributed by atoms with Crippen molar-refractivity contribution in [3.63, 3.8) is 0 Å². The van der Waals surface area contributed by atoms with E-state index in [9.17, 15) is 19.8 Å². The molecule has 50 heavy (non-hydrogen) atoms. The molecule has 0 bridgehead atoms. The number of rotatable bonds is 12. The second-order valence-corrected chi connectivity index (χ2v) is 14.7. The molecule has 0 radical (unpaired) electrons. The standard InChI is InChI=1S/C40H49N5O5/c1-40(2,3)43-39(49)34-26-44(25-32-15-16-36(50-32)29-13-9-17-41-23-29)18-19-45(34)24-31(46)21-30(20-27-10-5-4-6-11-27)38(48)42-37-33-14-8-7-12-28(33)22-35(37)47/h4-17,23,30-31,34-35,37,46-47H,18-22,24-26H2,1-3H3,(H,42,48)(H,43,49)/t30-,31+,34+,35-,37+/m1/s1. The Labute approximate surface area is 294 Å². The van der Waals surface area contributed by atoms with Crippen molar-refractivity contribution in [2.45, 2.75) is 76.4 Å². The van der Waals surface area contributed by atoms with Crippen molar-refractivity contribution >= 4 is 11.8 Å². The number of nitrogens with one attached hydrogen (secondary N) is 2. The maximum Gasteiger partial charge on any atom is 0.239 e. The third kappa shape index (κ3) is 9.05. The van der Waals surface area contributed by atoms with Crippen molar-refractivity contribution in [2.24, 2.45) is 5.92 Å². The Morgan fingerprint density at radius 2 is 1.78 bits per heavy atom. The first-order chi connectivity index (χ1) is 24.0. The highest BCUT2D eigenvalue weighted by molar-refractivity contribution is 5.83. The summed E-state index contributed by atoms with van der Waals surface area (Å²) in [5, 5.41) is 28.7. The summed E-state index contributed by atoms with van der Waals surface area (Å²) in [5.41, 5.74) is 3.44. The van der Waals surface area contributed by atoms with Gasteiger partial charge in [-0.2, -0.15) is 0 Å². The van der Waals surface area contributed by atoms with Crippen molar-refractivity contribution in [1.29, 1.82) is 0 Å². The molecule has 5 atom stereocenters. The summed E-state index contributed by atoms with van der Waals surface area (Å²) in [6.45, 7) is 8.38. The molecule has 0 saturated carbocycles. The first-order valence-corrected chi connectivity index (χ1v) is 17.6. The van der Waals surface area contributed by atoms with E-state index in [-0.39, 0.29) is 24.8 Å². The van der Waals surface area contributed by atoms with E-state index in [4.69, 9.17) is 4.42 Å². The topological polar surface area (TPSA) is 131 Å². The highest BCUT2D eigenvalue weighted by Gasteiger charge is 2.37. The van der Waals surface area contributed by atoms with Crippen LogP contribution in [0.15, 0.2) is 95.7 Å². The van der Waals surface area contributed by atoms with Gasteiger partial charge in [-0.3, -0.25) is 24.4 Å². The average molecular weight is 680 g/mol. The Hall–Kier alpha value is -4.35. The number of aromatic nitrogens is 1. The van der Waals surface area contributed by atoms with E-state index in [1.54, 1.807) is 12.4 Å². The molecular weight excluding hydrogens is 630 g/mol. The van der Waals surface area contributed by atoms with E-state index < -0.39 is 35.7 Å². The second-order valence-electron chi connectivity index (χ2n) is 14.7. The number of hydrogen-bond acceptors (Lipinski definition) is 8. The van der Waals surface area contributed by atoms with Gasteiger partial charge in [0.05, 0.1) is 24.8 Å². The maximum absolute atomic E-state index is 13.9. The molecule has 2 aliphatic rings. The van der Waals surface area contributed by atoms with Gasteiger partial charge in [-0.1, -0.05) is 54.6 Å². The molecule has 10 nitrogen and oxygen atoms in total. The van der Waals surface area contributed by atoms with Crippen LogP contribution in [0.25, 0.3) is 11.3 Å². The molecule has 2 aromatic carbocycles. The molecule has 3 heterocycles. The largest absolute Gasteiger partial charge is 0.460 e. The van der Waals surface area contributed by atoms with Gasteiger partial charge in [0.15, 0.2) is 0 Å². The number of hydrogen-bond donors (Lipinski definition) is 4. The highest BCUT2D eigenvalue weighted by atomic mass is 16.3. The molecule has 6 rings (SSSR count). The van der Waals surface area contributed by atoms with Crippen LogP contribution in [-0.2, 0) is 29.0 Å². The summed E-state index contributed by atoms with van der Waals surface area (Å²) in [7, 11) is 0. The zero-order valence-corrected chi connectivity index (χ0v) is 29.2. The number of nitrogens with zero attached hydrogens (tertiary/aromatic N) is 3. The highest BCUT2D eigenvalue weighted by Crippen LogP contribution is 2.32. The molecule has 2 amide bonds. The van der Waals surface area contributed by atoms with Crippen molar-refractivity contribution in [3.8, 4) is 11.3 Å². The maximum atomic E-state index is 13.9. The lowest BCUT2D eigenvalue weighted by molar-refractivity contribution is -0.132. The Balaban J connectivity index is 1.14. The van der Waals surface area contributed by atoms with Crippen LogP contribution in [0, 0.1) is 5.92 Å². The molecule has 4 N–H and O–H groups in total. The van der Waals surface area contributed by atoms with Gasteiger partial charge in [0.2, 0.25) is 11.8 Å². The van der Waals surface area contributed by atoms with E-state index in [1.807, 2.05) is 105 Å². The molecule has 10 heteroatoms. The van der Waals surface area contributed by atoms with Crippen LogP contribution >= 0.6 is 0 Å². The Kier molecular flexibility index (Phi) is 11.1. The van der Waals surface area contributed by atoms with Gasteiger partial charge < -0.3 is 25.3 Å². The number of benzene rings is 2.